The van der Waals surface area contributed by atoms with E-state index in [1.807, 2.05) is 26.0 Å². The molecule has 0 spiro atoms. The zero-order valence-electron chi connectivity index (χ0n) is 11.9. The van der Waals surface area contributed by atoms with Crippen molar-refractivity contribution in [3.63, 3.8) is 0 Å². The highest BCUT2D eigenvalue weighted by Crippen LogP contribution is 2.16. The first-order valence-electron chi connectivity index (χ1n) is 6.80. The number of carbonyl (C=O) groups excluding carboxylic acids is 1. The summed E-state index contributed by atoms with van der Waals surface area (Å²) in [6.45, 7) is 5.31. The number of hydrogen-bond donors (Lipinski definition) is 3. The Labute approximate surface area is 123 Å². The fourth-order valence-corrected chi connectivity index (χ4v) is 2.60. The summed E-state index contributed by atoms with van der Waals surface area (Å²) in [6, 6.07) is 3.99. The smallest absolute Gasteiger partial charge is 0.308 e. The van der Waals surface area contributed by atoms with Crippen molar-refractivity contribution in [3.05, 3.63) is 21.9 Å². The van der Waals surface area contributed by atoms with Gasteiger partial charge in [0.25, 0.3) is 0 Å². The van der Waals surface area contributed by atoms with Crippen LogP contribution in [0.25, 0.3) is 0 Å². The molecule has 1 rings (SSSR count). The van der Waals surface area contributed by atoms with Gasteiger partial charge in [0.1, 0.15) is 0 Å². The van der Waals surface area contributed by atoms with Crippen molar-refractivity contribution in [1.82, 2.24) is 10.6 Å². The third kappa shape index (κ3) is 6.68. The largest absolute Gasteiger partial charge is 0.481 e. The van der Waals surface area contributed by atoms with Crippen LogP contribution in [0.1, 0.15) is 36.4 Å². The lowest BCUT2D eigenvalue weighted by atomic mass is 10.2. The molecule has 20 heavy (non-hydrogen) atoms. The lowest BCUT2D eigenvalue weighted by molar-refractivity contribution is -0.136. The van der Waals surface area contributed by atoms with Gasteiger partial charge in [-0.3, -0.25) is 9.59 Å². The number of nitrogens with one attached hydrogen (secondary N) is 2. The Morgan fingerprint density at radius 1 is 1.35 bits per heavy atom. The number of aliphatic carboxylic acids is 1. The maximum absolute atomic E-state index is 11.5. The van der Waals surface area contributed by atoms with E-state index >= 15 is 0 Å². The van der Waals surface area contributed by atoms with Gasteiger partial charge in [-0.25, -0.2) is 0 Å². The fourth-order valence-electron chi connectivity index (χ4n) is 1.62. The van der Waals surface area contributed by atoms with E-state index in [0.717, 1.165) is 16.2 Å². The van der Waals surface area contributed by atoms with E-state index < -0.39 is 5.97 Å². The monoisotopic (exact) mass is 298 g/mol. The van der Waals surface area contributed by atoms with Gasteiger partial charge in [-0.1, -0.05) is 6.92 Å². The second-order valence-electron chi connectivity index (χ2n) is 4.74. The molecule has 0 radical (unpaired) electrons. The molecule has 1 amide bonds. The SMILES string of the molecule is CCC(C)NC(=O)CCNCc1ccc(CC(=O)O)s1. The molecule has 0 saturated heterocycles. The predicted octanol–water partition coefficient (Wildman–Crippen LogP) is 1.77. The average Bonchev–Trinajstić information content (AvgIpc) is 2.81. The van der Waals surface area contributed by atoms with E-state index in [0.29, 0.717) is 19.5 Å². The van der Waals surface area contributed by atoms with Crippen molar-refractivity contribution in [2.45, 2.75) is 45.7 Å². The van der Waals surface area contributed by atoms with E-state index in [-0.39, 0.29) is 18.4 Å². The van der Waals surface area contributed by atoms with Gasteiger partial charge in [-0.05, 0) is 25.5 Å². The van der Waals surface area contributed by atoms with Crippen molar-refractivity contribution in [1.29, 1.82) is 0 Å². The summed E-state index contributed by atoms with van der Waals surface area (Å²) >= 11 is 1.49. The van der Waals surface area contributed by atoms with E-state index in [1.165, 1.54) is 11.3 Å². The lowest BCUT2D eigenvalue weighted by Gasteiger charge is -2.11. The molecule has 0 aromatic carbocycles. The maximum atomic E-state index is 11.5. The van der Waals surface area contributed by atoms with Crippen molar-refractivity contribution in [2.75, 3.05) is 6.54 Å². The van der Waals surface area contributed by atoms with Crippen LogP contribution in [0.4, 0.5) is 0 Å². The highest BCUT2D eigenvalue weighted by atomic mass is 32.1. The summed E-state index contributed by atoms with van der Waals surface area (Å²) in [7, 11) is 0. The molecule has 1 aromatic heterocycles. The minimum atomic E-state index is -0.812. The first-order chi connectivity index (χ1) is 9.51. The Morgan fingerprint density at radius 3 is 2.70 bits per heavy atom. The second kappa shape index (κ2) is 8.71. The van der Waals surface area contributed by atoms with E-state index in [9.17, 15) is 9.59 Å². The summed E-state index contributed by atoms with van der Waals surface area (Å²) in [6.07, 6.45) is 1.46. The molecule has 0 fully saturated rings. The van der Waals surface area contributed by atoms with Crippen LogP contribution in [-0.4, -0.2) is 29.6 Å². The van der Waals surface area contributed by atoms with Gasteiger partial charge in [0.2, 0.25) is 5.91 Å². The number of carboxylic acid groups (broad SMARTS) is 1. The normalized spacial score (nSPS) is 12.1. The lowest BCUT2D eigenvalue weighted by Crippen LogP contribution is -2.33. The van der Waals surface area contributed by atoms with Gasteiger partial charge in [-0.15, -0.1) is 11.3 Å². The van der Waals surface area contributed by atoms with Crippen LogP contribution in [0.15, 0.2) is 12.1 Å². The highest BCUT2D eigenvalue weighted by molar-refractivity contribution is 7.12. The van der Waals surface area contributed by atoms with Crippen LogP contribution in [0.3, 0.4) is 0 Å². The molecule has 0 aliphatic carbocycles. The number of carbonyl (C=O) groups is 2. The van der Waals surface area contributed by atoms with Crippen LogP contribution in [0, 0.1) is 0 Å². The van der Waals surface area contributed by atoms with E-state index in [2.05, 4.69) is 10.6 Å². The Bertz CT molecular complexity index is 445. The Balaban J connectivity index is 2.19. The van der Waals surface area contributed by atoms with E-state index in [1.54, 1.807) is 0 Å². The molecular formula is C14H22N2O3S. The Hall–Kier alpha value is -1.40. The molecule has 0 bridgehead atoms. The molecule has 0 aliphatic rings. The molecule has 0 aliphatic heterocycles. The third-order valence-corrected chi connectivity index (χ3v) is 3.98. The van der Waals surface area contributed by atoms with Crippen LogP contribution in [0.2, 0.25) is 0 Å². The van der Waals surface area contributed by atoms with Crippen molar-refractivity contribution in [2.24, 2.45) is 0 Å². The minimum absolute atomic E-state index is 0.0598. The van der Waals surface area contributed by atoms with Gasteiger partial charge in [0, 0.05) is 35.3 Å². The molecule has 3 N–H and O–H groups in total. The molecular weight excluding hydrogens is 276 g/mol. The molecule has 1 atom stereocenters. The summed E-state index contributed by atoms with van der Waals surface area (Å²) < 4.78 is 0. The first kappa shape index (κ1) is 16.7. The summed E-state index contributed by atoms with van der Waals surface area (Å²) in [5.41, 5.74) is 0. The highest BCUT2D eigenvalue weighted by Gasteiger charge is 2.06. The summed E-state index contributed by atoms with van der Waals surface area (Å²) in [4.78, 5) is 24.0. The van der Waals surface area contributed by atoms with Gasteiger partial charge in [0.05, 0.1) is 6.42 Å². The summed E-state index contributed by atoms with van der Waals surface area (Å²) in [5.74, 6) is -0.752. The molecule has 1 heterocycles. The number of amides is 1. The van der Waals surface area contributed by atoms with E-state index in [4.69, 9.17) is 5.11 Å². The van der Waals surface area contributed by atoms with Crippen molar-refractivity contribution in [3.8, 4) is 0 Å². The molecule has 1 aromatic rings. The number of thiophene rings is 1. The van der Waals surface area contributed by atoms with Gasteiger partial charge in [-0.2, -0.15) is 0 Å². The standard InChI is InChI=1S/C14H22N2O3S/c1-3-10(2)16-13(17)6-7-15-9-12-5-4-11(20-12)8-14(18)19/h4-5,10,15H,3,6-9H2,1-2H3,(H,16,17)(H,18,19). The molecule has 112 valence electrons. The molecule has 0 saturated carbocycles. The van der Waals surface area contributed by atoms with Crippen LogP contribution in [0.5, 0.6) is 0 Å². The zero-order valence-corrected chi connectivity index (χ0v) is 12.8. The number of hydrogen-bond acceptors (Lipinski definition) is 4. The van der Waals surface area contributed by atoms with Gasteiger partial charge >= 0.3 is 5.97 Å². The number of rotatable bonds is 9. The van der Waals surface area contributed by atoms with Crippen LogP contribution >= 0.6 is 11.3 Å². The van der Waals surface area contributed by atoms with Crippen molar-refractivity contribution >= 4 is 23.2 Å². The Morgan fingerprint density at radius 2 is 2.05 bits per heavy atom. The quantitative estimate of drug-likeness (QED) is 0.607. The topological polar surface area (TPSA) is 78.4 Å². The van der Waals surface area contributed by atoms with Gasteiger partial charge in [0.15, 0.2) is 0 Å². The molecule has 1 unspecified atom stereocenters. The Kier molecular flexibility index (Phi) is 7.25. The predicted molar refractivity (Wildman–Crippen MR) is 79.9 cm³/mol. The molecule has 5 nitrogen and oxygen atoms in total. The average molecular weight is 298 g/mol. The van der Waals surface area contributed by atoms with Crippen LogP contribution < -0.4 is 10.6 Å². The molecule has 6 heteroatoms. The summed E-state index contributed by atoms with van der Waals surface area (Å²) in [5, 5.41) is 14.8. The fraction of sp³-hybridized carbons (Fsp3) is 0.571. The van der Waals surface area contributed by atoms with Gasteiger partial charge < -0.3 is 15.7 Å². The minimum Gasteiger partial charge on any atom is -0.481 e. The maximum Gasteiger partial charge on any atom is 0.308 e. The number of carboxylic acids is 1. The third-order valence-electron chi connectivity index (χ3n) is 2.89. The van der Waals surface area contributed by atoms with Crippen LogP contribution in [-0.2, 0) is 22.6 Å². The second-order valence-corrected chi connectivity index (χ2v) is 6.00. The van der Waals surface area contributed by atoms with Crippen molar-refractivity contribution < 1.29 is 14.7 Å². The first-order valence-corrected chi connectivity index (χ1v) is 7.62. The zero-order chi connectivity index (χ0) is 15.0.